The molecular weight excluding hydrogens is 322 g/mol. The van der Waals surface area contributed by atoms with Crippen LogP contribution in [0.15, 0.2) is 22.7 Å². The normalized spacial score (nSPS) is 11.9. The van der Waals surface area contributed by atoms with E-state index in [0.717, 1.165) is 0 Å². The molecule has 1 atom stereocenters. The Morgan fingerprint density at radius 3 is 2.74 bits per heavy atom. The Hall–Kier alpha value is -1.67. The number of nitro benzene ring substituents is 1. The summed E-state index contributed by atoms with van der Waals surface area (Å²) in [6.07, 6.45) is -1.11. The first kappa shape index (κ1) is 15.4. The van der Waals surface area contributed by atoms with Crippen LogP contribution >= 0.6 is 15.9 Å². The van der Waals surface area contributed by atoms with Crippen LogP contribution < -0.4 is 4.74 Å². The van der Waals surface area contributed by atoms with E-state index in [1.807, 2.05) is 0 Å². The molecule has 0 amide bonds. The Labute approximate surface area is 117 Å². The molecular formula is C11H12BrNO6. The lowest BCUT2D eigenvalue weighted by Crippen LogP contribution is -2.30. The molecule has 0 bridgehead atoms. The second-order valence-corrected chi connectivity index (χ2v) is 4.41. The molecule has 1 aromatic rings. The van der Waals surface area contributed by atoms with E-state index in [9.17, 15) is 14.9 Å². The quantitative estimate of drug-likeness (QED) is 0.606. The summed E-state index contributed by atoms with van der Waals surface area (Å²) in [6, 6.07) is 4.05. The summed E-state index contributed by atoms with van der Waals surface area (Å²) < 4.78 is 10.6. The number of rotatable bonds is 7. The van der Waals surface area contributed by atoms with E-state index in [4.69, 9.17) is 14.6 Å². The zero-order chi connectivity index (χ0) is 14.4. The van der Waals surface area contributed by atoms with Crippen molar-refractivity contribution in [1.29, 1.82) is 0 Å². The topological polar surface area (TPSA) is 98.9 Å². The summed E-state index contributed by atoms with van der Waals surface area (Å²) in [6.45, 7) is 1.68. The van der Waals surface area contributed by atoms with Crippen LogP contribution in [0, 0.1) is 10.1 Å². The number of carboxylic acids is 1. The maximum atomic E-state index is 10.8. The number of ether oxygens (including phenoxy) is 2. The average molecular weight is 334 g/mol. The fourth-order valence-corrected chi connectivity index (χ4v) is 1.76. The van der Waals surface area contributed by atoms with Gasteiger partial charge in [0.2, 0.25) is 0 Å². The predicted molar refractivity (Wildman–Crippen MR) is 69.3 cm³/mol. The number of hydrogen-bond donors (Lipinski definition) is 1. The minimum absolute atomic E-state index is 0.146. The molecule has 0 fully saturated rings. The lowest BCUT2D eigenvalue weighted by atomic mass is 10.3. The minimum Gasteiger partial charge on any atom is -0.490 e. The Kier molecular flexibility index (Phi) is 5.71. The van der Waals surface area contributed by atoms with E-state index in [-0.39, 0.29) is 24.7 Å². The zero-order valence-corrected chi connectivity index (χ0v) is 11.6. The van der Waals surface area contributed by atoms with Crippen molar-refractivity contribution in [1.82, 2.24) is 0 Å². The van der Waals surface area contributed by atoms with Crippen LogP contribution in [0.3, 0.4) is 0 Å². The van der Waals surface area contributed by atoms with Crippen molar-refractivity contribution in [3.05, 3.63) is 32.8 Å². The third kappa shape index (κ3) is 4.84. The van der Waals surface area contributed by atoms with Crippen molar-refractivity contribution in [2.75, 3.05) is 13.2 Å². The molecule has 0 heterocycles. The van der Waals surface area contributed by atoms with Gasteiger partial charge in [0.25, 0.3) is 5.69 Å². The van der Waals surface area contributed by atoms with E-state index < -0.39 is 17.0 Å². The summed E-state index contributed by atoms with van der Waals surface area (Å²) in [4.78, 5) is 20.9. The molecule has 0 aliphatic rings. The van der Waals surface area contributed by atoms with Crippen LogP contribution in [-0.4, -0.2) is 35.3 Å². The second-order valence-electron chi connectivity index (χ2n) is 3.50. The van der Waals surface area contributed by atoms with Crippen molar-refractivity contribution < 1.29 is 24.3 Å². The maximum Gasteiger partial charge on any atom is 0.336 e. The first-order valence-electron chi connectivity index (χ1n) is 5.36. The van der Waals surface area contributed by atoms with Crippen molar-refractivity contribution in [2.24, 2.45) is 0 Å². The van der Waals surface area contributed by atoms with Gasteiger partial charge < -0.3 is 14.6 Å². The van der Waals surface area contributed by atoms with Gasteiger partial charge >= 0.3 is 5.97 Å². The molecule has 0 saturated heterocycles. The molecule has 1 rings (SSSR count). The van der Waals surface area contributed by atoms with E-state index in [1.54, 1.807) is 6.92 Å². The summed E-state index contributed by atoms with van der Waals surface area (Å²) in [5.41, 5.74) is -0.146. The van der Waals surface area contributed by atoms with Crippen molar-refractivity contribution in [3.8, 4) is 5.75 Å². The van der Waals surface area contributed by atoms with E-state index in [1.165, 1.54) is 18.2 Å². The molecule has 1 aromatic carbocycles. The third-order valence-electron chi connectivity index (χ3n) is 2.11. The number of non-ortho nitro benzene ring substituents is 1. The molecule has 0 saturated carbocycles. The van der Waals surface area contributed by atoms with Crippen molar-refractivity contribution >= 4 is 27.6 Å². The molecule has 1 N–H and O–H groups in total. The molecule has 0 radical (unpaired) electrons. The van der Waals surface area contributed by atoms with E-state index in [2.05, 4.69) is 15.9 Å². The molecule has 0 spiro atoms. The molecule has 0 aliphatic carbocycles. The SMILES string of the molecule is CCOC(COc1cc(Br)cc([N+](=O)[O-])c1)C(=O)O. The van der Waals surface area contributed by atoms with Crippen LogP contribution in [0.25, 0.3) is 0 Å². The molecule has 1 unspecified atom stereocenters. The van der Waals surface area contributed by atoms with E-state index in [0.29, 0.717) is 4.47 Å². The molecule has 0 aliphatic heterocycles. The molecule has 8 heteroatoms. The number of carboxylic acid groups (broad SMARTS) is 1. The number of benzene rings is 1. The minimum atomic E-state index is -1.15. The fourth-order valence-electron chi connectivity index (χ4n) is 1.30. The van der Waals surface area contributed by atoms with Gasteiger partial charge in [-0.25, -0.2) is 4.79 Å². The lowest BCUT2D eigenvalue weighted by Gasteiger charge is -2.13. The van der Waals surface area contributed by atoms with Gasteiger partial charge in [0.1, 0.15) is 12.4 Å². The average Bonchev–Trinajstić information content (AvgIpc) is 2.33. The summed E-state index contributed by atoms with van der Waals surface area (Å²) in [7, 11) is 0. The van der Waals surface area contributed by atoms with E-state index >= 15 is 0 Å². The zero-order valence-electron chi connectivity index (χ0n) is 10.0. The second kappa shape index (κ2) is 7.05. The van der Waals surface area contributed by atoms with Crippen LogP contribution in [0.5, 0.6) is 5.75 Å². The molecule has 7 nitrogen and oxygen atoms in total. The Morgan fingerprint density at radius 1 is 1.53 bits per heavy atom. The van der Waals surface area contributed by atoms with Crippen LogP contribution in [0.2, 0.25) is 0 Å². The van der Waals surface area contributed by atoms with Gasteiger partial charge in [0.05, 0.1) is 11.0 Å². The highest BCUT2D eigenvalue weighted by atomic mass is 79.9. The monoisotopic (exact) mass is 333 g/mol. The van der Waals surface area contributed by atoms with Gasteiger partial charge in [-0.15, -0.1) is 0 Å². The van der Waals surface area contributed by atoms with Crippen LogP contribution in [0.1, 0.15) is 6.92 Å². The van der Waals surface area contributed by atoms with Crippen LogP contribution in [0.4, 0.5) is 5.69 Å². The van der Waals surface area contributed by atoms with Gasteiger partial charge in [-0.05, 0) is 13.0 Å². The maximum absolute atomic E-state index is 10.8. The van der Waals surface area contributed by atoms with Gasteiger partial charge in [0.15, 0.2) is 6.10 Å². The number of nitro groups is 1. The van der Waals surface area contributed by atoms with Gasteiger partial charge in [-0.2, -0.15) is 0 Å². The smallest absolute Gasteiger partial charge is 0.336 e. The van der Waals surface area contributed by atoms with Gasteiger partial charge in [-0.3, -0.25) is 10.1 Å². The first-order chi connectivity index (χ1) is 8.93. The summed E-state index contributed by atoms with van der Waals surface area (Å²) in [5, 5.41) is 19.5. The number of nitrogens with zero attached hydrogens (tertiary/aromatic N) is 1. The lowest BCUT2D eigenvalue weighted by molar-refractivity contribution is -0.385. The number of aliphatic carboxylic acids is 1. The summed E-state index contributed by atoms with van der Waals surface area (Å²) >= 11 is 3.12. The standard InChI is InChI=1S/C11H12BrNO6/c1-2-18-10(11(14)15)6-19-9-4-7(12)3-8(5-9)13(16)17/h3-5,10H,2,6H2,1H3,(H,14,15). The van der Waals surface area contributed by atoms with Crippen LogP contribution in [-0.2, 0) is 9.53 Å². The fraction of sp³-hybridized carbons (Fsp3) is 0.364. The number of carbonyl (C=O) groups is 1. The van der Waals surface area contributed by atoms with Crippen molar-refractivity contribution in [3.63, 3.8) is 0 Å². The predicted octanol–water partition coefficient (Wildman–Crippen LogP) is 2.23. The molecule has 0 aromatic heterocycles. The summed E-state index contributed by atoms with van der Waals surface area (Å²) in [5.74, 6) is -0.946. The first-order valence-corrected chi connectivity index (χ1v) is 6.15. The number of hydrogen-bond acceptors (Lipinski definition) is 5. The Balaban J connectivity index is 2.76. The number of halogens is 1. The highest BCUT2D eigenvalue weighted by Crippen LogP contribution is 2.26. The molecule has 104 valence electrons. The Morgan fingerprint density at radius 2 is 2.21 bits per heavy atom. The highest BCUT2D eigenvalue weighted by Gasteiger charge is 2.19. The van der Waals surface area contributed by atoms with Gasteiger partial charge in [-0.1, -0.05) is 15.9 Å². The van der Waals surface area contributed by atoms with Gasteiger partial charge in [0, 0.05) is 17.1 Å². The highest BCUT2D eigenvalue weighted by molar-refractivity contribution is 9.10. The third-order valence-corrected chi connectivity index (χ3v) is 2.57. The Bertz CT molecular complexity index is 478. The largest absolute Gasteiger partial charge is 0.490 e. The molecule has 19 heavy (non-hydrogen) atoms. The van der Waals surface area contributed by atoms with Crippen molar-refractivity contribution in [2.45, 2.75) is 13.0 Å².